The lowest BCUT2D eigenvalue weighted by Crippen LogP contribution is -2.18. The summed E-state index contributed by atoms with van der Waals surface area (Å²) in [4.78, 5) is 35.6. The molecule has 1 fully saturated rings. The van der Waals surface area contributed by atoms with Crippen LogP contribution in [0.25, 0.3) is 0 Å². The number of rotatable bonds is 6. The summed E-state index contributed by atoms with van der Waals surface area (Å²) in [5.41, 5.74) is 1.58. The van der Waals surface area contributed by atoms with Crippen molar-refractivity contribution in [2.75, 3.05) is 10.6 Å². The summed E-state index contributed by atoms with van der Waals surface area (Å²) in [6.07, 6.45) is 0.284. The second kappa shape index (κ2) is 7.23. The quantitative estimate of drug-likeness (QED) is 0.732. The second-order valence-corrected chi connectivity index (χ2v) is 7.39. The van der Waals surface area contributed by atoms with Gasteiger partial charge in [-0.2, -0.15) is 0 Å². The molecule has 2 aromatic rings. The molecule has 0 spiro atoms. The normalized spacial score (nSPS) is 19.8. The molecule has 6 heteroatoms. The van der Waals surface area contributed by atoms with Crippen LogP contribution in [0.1, 0.15) is 19.4 Å². The zero-order valence-corrected chi connectivity index (χ0v) is 15.2. The number of nitrogens with one attached hydrogen (secondary N) is 2. The highest BCUT2D eigenvalue weighted by molar-refractivity contribution is 6.00. The zero-order valence-electron chi connectivity index (χ0n) is 15.2. The molecule has 0 radical (unpaired) electrons. The van der Waals surface area contributed by atoms with E-state index in [0.29, 0.717) is 11.4 Å². The van der Waals surface area contributed by atoms with Crippen LogP contribution in [0.3, 0.4) is 0 Å². The maximum Gasteiger partial charge on any atom is 0.307 e. The van der Waals surface area contributed by atoms with Crippen LogP contribution < -0.4 is 10.6 Å². The fraction of sp³-hybridized carbons (Fsp3) is 0.286. The summed E-state index contributed by atoms with van der Waals surface area (Å²) in [6, 6.07) is 16.2. The first-order chi connectivity index (χ1) is 12.8. The number of carboxylic acids is 1. The van der Waals surface area contributed by atoms with E-state index in [0.717, 1.165) is 5.56 Å². The van der Waals surface area contributed by atoms with Gasteiger partial charge in [-0.1, -0.05) is 44.2 Å². The van der Waals surface area contributed by atoms with Gasteiger partial charge < -0.3 is 15.7 Å². The van der Waals surface area contributed by atoms with Crippen LogP contribution in [-0.2, 0) is 20.8 Å². The number of carbonyl (C=O) groups excluding carboxylic acids is 2. The number of aliphatic carboxylic acids is 1. The van der Waals surface area contributed by atoms with Gasteiger partial charge in [0.05, 0.1) is 18.3 Å². The predicted molar refractivity (Wildman–Crippen MR) is 102 cm³/mol. The van der Waals surface area contributed by atoms with Gasteiger partial charge in [-0.3, -0.25) is 14.4 Å². The van der Waals surface area contributed by atoms with Gasteiger partial charge in [0.25, 0.3) is 0 Å². The summed E-state index contributed by atoms with van der Waals surface area (Å²) in [5, 5.41) is 14.7. The Morgan fingerprint density at radius 3 is 1.96 bits per heavy atom. The number of carbonyl (C=O) groups is 3. The van der Waals surface area contributed by atoms with Gasteiger partial charge in [-0.15, -0.1) is 0 Å². The minimum atomic E-state index is -0.948. The lowest BCUT2D eigenvalue weighted by Gasteiger charge is -2.09. The van der Waals surface area contributed by atoms with Crippen molar-refractivity contribution < 1.29 is 19.5 Å². The second-order valence-electron chi connectivity index (χ2n) is 7.39. The first-order valence-corrected chi connectivity index (χ1v) is 8.76. The van der Waals surface area contributed by atoms with E-state index in [4.69, 9.17) is 0 Å². The van der Waals surface area contributed by atoms with E-state index in [1.807, 2.05) is 30.3 Å². The van der Waals surface area contributed by atoms with Crippen LogP contribution in [-0.4, -0.2) is 22.9 Å². The first kappa shape index (κ1) is 18.6. The molecule has 0 bridgehead atoms. The molecule has 0 unspecified atom stereocenters. The molecule has 0 aliphatic heterocycles. The third-order valence-corrected chi connectivity index (χ3v) is 5.02. The Kier molecular flexibility index (Phi) is 4.99. The molecule has 140 valence electrons. The van der Waals surface area contributed by atoms with Crippen molar-refractivity contribution in [3.8, 4) is 0 Å². The molecule has 3 rings (SSSR count). The van der Waals surface area contributed by atoms with Gasteiger partial charge in [0.2, 0.25) is 11.8 Å². The third-order valence-electron chi connectivity index (χ3n) is 5.02. The highest BCUT2D eigenvalue weighted by Gasteiger charge is 2.65. The molecule has 0 heterocycles. The van der Waals surface area contributed by atoms with Gasteiger partial charge in [-0.25, -0.2) is 0 Å². The Morgan fingerprint density at radius 1 is 0.889 bits per heavy atom. The van der Waals surface area contributed by atoms with Gasteiger partial charge >= 0.3 is 5.97 Å². The number of carboxylic acid groups (broad SMARTS) is 1. The molecule has 3 N–H and O–H groups in total. The van der Waals surface area contributed by atoms with Gasteiger partial charge in [0, 0.05) is 11.4 Å². The van der Waals surface area contributed by atoms with Crippen LogP contribution in [0.4, 0.5) is 11.4 Å². The molecule has 6 nitrogen and oxygen atoms in total. The van der Waals surface area contributed by atoms with E-state index >= 15 is 0 Å². The summed E-state index contributed by atoms with van der Waals surface area (Å²) in [7, 11) is 0. The SMILES string of the molecule is CC1(C)[C@H](C(=O)O)[C@H]1C(=O)Nc1ccc(NC(=O)Cc2ccccc2)cc1. The molecule has 2 atom stereocenters. The van der Waals surface area contributed by atoms with Crippen molar-refractivity contribution in [1.29, 1.82) is 0 Å². The Bertz CT molecular complexity index is 860. The molecular weight excluding hydrogens is 344 g/mol. The van der Waals surface area contributed by atoms with E-state index in [1.54, 1.807) is 38.1 Å². The predicted octanol–water partition coefficient (Wildman–Crippen LogP) is 3.16. The topological polar surface area (TPSA) is 95.5 Å². The van der Waals surface area contributed by atoms with Crippen molar-refractivity contribution in [2.45, 2.75) is 20.3 Å². The summed E-state index contributed by atoms with van der Waals surface area (Å²) < 4.78 is 0. The monoisotopic (exact) mass is 366 g/mol. The summed E-state index contributed by atoms with van der Waals surface area (Å²) in [6.45, 7) is 3.56. The maximum atomic E-state index is 12.3. The first-order valence-electron chi connectivity index (χ1n) is 8.76. The summed E-state index contributed by atoms with van der Waals surface area (Å²) in [5.74, 6) is -2.57. The minimum Gasteiger partial charge on any atom is -0.481 e. The lowest BCUT2D eigenvalue weighted by atomic mass is 10.1. The van der Waals surface area contributed by atoms with Crippen LogP contribution in [0.5, 0.6) is 0 Å². The van der Waals surface area contributed by atoms with Crippen LogP contribution in [0, 0.1) is 17.3 Å². The van der Waals surface area contributed by atoms with E-state index in [1.165, 1.54) is 0 Å². The smallest absolute Gasteiger partial charge is 0.307 e. The van der Waals surface area contributed by atoms with Gasteiger partial charge in [0.15, 0.2) is 0 Å². The molecule has 0 saturated heterocycles. The fourth-order valence-corrected chi connectivity index (χ4v) is 3.43. The van der Waals surface area contributed by atoms with Crippen molar-refractivity contribution >= 4 is 29.2 Å². The van der Waals surface area contributed by atoms with E-state index < -0.39 is 23.2 Å². The van der Waals surface area contributed by atoms with Gasteiger partial charge in [0.1, 0.15) is 0 Å². The highest BCUT2D eigenvalue weighted by Crippen LogP contribution is 2.58. The number of hydrogen-bond donors (Lipinski definition) is 3. The fourth-order valence-electron chi connectivity index (χ4n) is 3.43. The highest BCUT2D eigenvalue weighted by atomic mass is 16.4. The number of amides is 2. The summed E-state index contributed by atoms with van der Waals surface area (Å²) >= 11 is 0. The number of hydrogen-bond acceptors (Lipinski definition) is 3. The molecule has 1 aliphatic carbocycles. The average molecular weight is 366 g/mol. The van der Waals surface area contributed by atoms with Crippen molar-refractivity contribution in [3.63, 3.8) is 0 Å². The third kappa shape index (κ3) is 4.16. The Hall–Kier alpha value is -3.15. The lowest BCUT2D eigenvalue weighted by molar-refractivity contribution is -0.140. The molecule has 27 heavy (non-hydrogen) atoms. The van der Waals surface area contributed by atoms with E-state index in [2.05, 4.69) is 10.6 Å². The largest absolute Gasteiger partial charge is 0.481 e. The van der Waals surface area contributed by atoms with Gasteiger partial charge in [-0.05, 0) is 35.2 Å². The van der Waals surface area contributed by atoms with Crippen LogP contribution in [0.15, 0.2) is 54.6 Å². The molecule has 2 amide bonds. The van der Waals surface area contributed by atoms with Crippen LogP contribution >= 0.6 is 0 Å². The maximum absolute atomic E-state index is 12.3. The minimum absolute atomic E-state index is 0.123. The van der Waals surface area contributed by atoms with Crippen molar-refractivity contribution in [2.24, 2.45) is 17.3 Å². The average Bonchev–Trinajstić information content (AvgIpc) is 3.20. The molecule has 0 aromatic heterocycles. The van der Waals surface area contributed by atoms with E-state index in [9.17, 15) is 19.5 Å². The molecule has 1 aliphatic rings. The Labute approximate surface area is 157 Å². The number of benzene rings is 2. The molecular formula is C21H22N2O4. The molecule has 2 aromatic carbocycles. The Morgan fingerprint density at radius 2 is 1.44 bits per heavy atom. The zero-order chi connectivity index (χ0) is 19.6. The molecule has 1 saturated carbocycles. The van der Waals surface area contributed by atoms with Crippen molar-refractivity contribution in [1.82, 2.24) is 0 Å². The Balaban J connectivity index is 1.55. The van der Waals surface area contributed by atoms with Crippen LogP contribution in [0.2, 0.25) is 0 Å². The van der Waals surface area contributed by atoms with E-state index in [-0.39, 0.29) is 18.2 Å². The van der Waals surface area contributed by atoms with Crippen molar-refractivity contribution in [3.05, 3.63) is 60.2 Å². The standard InChI is InChI=1S/C21H22N2O4/c1-21(2)17(18(21)20(26)27)19(25)23-15-10-8-14(9-11-15)22-16(24)12-13-6-4-3-5-7-13/h3-11,17-18H,12H2,1-2H3,(H,22,24)(H,23,25)(H,26,27)/t17-,18-/m0/s1. The number of anilines is 2.